The Morgan fingerprint density at radius 2 is 2.15 bits per heavy atom. The van der Waals surface area contributed by atoms with Gasteiger partial charge in [0, 0.05) is 5.38 Å². The van der Waals surface area contributed by atoms with E-state index in [0.29, 0.717) is 5.56 Å². The smallest absolute Gasteiger partial charge is 0.126 e. The summed E-state index contributed by atoms with van der Waals surface area (Å²) in [6, 6.07) is 7.15. The Hall–Kier alpha value is -1.15. The first-order valence-electron chi connectivity index (χ1n) is 3.98. The zero-order valence-electron chi connectivity index (χ0n) is 7.17. The van der Waals surface area contributed by atoms with Crippen molar-refractivity contribution in [3.8, 4) is 11.1 Å². The predicted octanol–water partition coefficient (Wildman–Crippen LogP) is 3.66. The molecule has 2 rings (SSSR count). The van der Waals surface area contributed by atoms with E-state index in [1.807, 2.05) is 17.5 Å². The van der Waals surface area contributed by atoms with Gasteiger partial charge >= 0.3 is 0 Å². The second-order valence-electron chi connectivity index (χ2n) is 2.92. The maximum Gasteiger partial charge on any atom is 0.126 e. The molecule has 1 radical (unpaired) electrons. The first kappa shape index (κ1) is 8.45. The van der Waals surface area contributed by atoms with E-state index in [-0.39, 0.29) is 5.82 Å². The fourth-order valence-corrected chi connectivity index (χ4v) is 1.75. The zero-order valence-corrected chi connectivity index (χ0v) is 7.99. The molecule has 13 heavy (non-hydrogen) atoms. The van der Waals surface area contributed by atoms with Crippen LogP contribution in [0.5, 0.6) is 0 Å². The van der Waals surface area contributed by atoms with Gasteiger partial charge in [-0.25, -0.2) is 4.39 Å². The minimum Gasteiger partial charge on any atom is -0.207 e. The molecule has 1 heterocycles. The summed E-state index contributed by atoms with van der Waals surface area (Å²) in [5.41, 5.74) is 2.63. The van der Waals surface area contributed by atoms with Gasteiger partial charge in [0.1, 0.15) is 5.82 Å². The lowest BCUT2D eigenvalue weighted by Crippen LogP contribution is -1.82. The maximum absolute atomic E-state index is 13.2. The Kier molecular flexibility index (Phi) is 2.15. The van der Waals surface area contributed by atoms with Crippen LogP contribution in [0.3, 0.4) is 0 Å². The van der Waals surface area contributed by atoms with E-state index in [1.54, 1.807) is 19.1 Å². The molecular formula is C11H8FS. The fraction of sp³-hybridized carbons (Fsp3) is 0.0909. The van der Waals surface area contributed by atoms with Crippen molar-refractivity contribution >= 4 is 11.3 Å². The van der Waals surface area contributed by atoms with Crippen LogP contribution in [0.2, 0.25) is 0 Å². The van der Waals surface area contributed by atoms with E-state index in [9.17, 15) is 4.39 Å². The van der Waals surface area contributed by atoms with Crippen molar-refractivity contribution in [3.05, 3.63) is 46.4 Å². The molecule has 1 aromatic carbocycles. The molecule has 0 fully saturated rings. The Bertz CT molecular complexity index is 404. The predicted molar refractivity (Wildman–Crippen MR) is 53.3 cm³/mol. The van der Waals surface area contributed by atoms with Crippen molar-refractivity contribution in [1.82, 2.24) is 0 Å². The molecule has 0 unspecified atom stereocenters. The Balaban J connectivity index is 2.49. The molecule has 0 aliphatic carbocycles. The fourth-order valence-electron chi connectivity index (χ4n) is 1.15. The average molecular weight is 191 g/mol. The van der Waals surface area contributed by atoms with Gasteiger partial charge < -0.3 is 0 Å². The first-order valence-corrected chi connectivity index (χ1v) is 4.86. The van der Waals surface area contributed by atoms with E-state index >= 15 is 0 Å². The Morgan fingerprint density at radius 1 is 1.31 bits per heavy atom. The third kappa shape index (κ3) is 1.63. The third-order valence-electron chi connectivity index (χ3n) is 1.97. The van der Waals surface area contributed by atoms with Crippen LogP contribution in [0, 0.1) is 18.1 Å². The van der Waals surface area contributed by atoms with Gasteiger partial charge in [0.05, 0.1) is 0 Å². The topological polar surface area (TPSA) is 0 Å². The largest absolute Gasteiger partial charge is 0.207 e. The number of hydrogen-bond donors (Lipinski definition) is 0. The van der Waals surface area contributed by atoms with Gasteiger partial charge in [0.25, 0.3) is 0 Å². The third-order valence-corrected chi connectivity index (χ3v) is 2.60. The molecule has 0 spiro atoms. The molecule has 0 bridgehead atoms. The van der Waals surface area contributed by atoms with Crippen LogP contribution in [0.1, 0.15) is 5.56 Å². The summed E-state index contributed by atoms with van der Waals surface area (Å²) in [6.45, 7) is 1.76. The number of benzene rings is 1. The minimum atomic E-state index is -0.149. The molecule has 0 nitrogen and oxygen atoms in total. The summed E-state index contributed by atoms with van der Waals surface area (Å²) >= 11 is 1.50. The van der Waals surface area contributed by atoms with E-state index in [2.05, 4.69) is 5.38 Å². The SMILES string of the molecule is Cc1ccc(-c2c[c]sc2)cc1F. The van der Waals surface area contributed by atoms with Crippen LogP contribution in [0.4, 0.5) is 4.39 Å². The van der Waals surface area contributed by atoms with Gasteiger partial charge in [0.2, 0.25) is 0 Å². The molecule has 1 aromatic heterocycles. The zero-order chi connectivity index (χ0) is 9.26. The number of aryl methyl sites for hydroxylation is 1. The minimum absolute atomic E-state index is 0.149. The van der Waals surface area contributed by atoms with E-state index in [4.69, 9.17) is 0 Å². The average Bonchev–Trinajstić information content (AvgIpc) is 2.62. The van der Waals surface area contributed by atoms with E-state index in [0.717, 1.165) is 11.1 Å². The highest BCUT2D eigenvalue weighted by Crippen LogP contribution is 2.23. The van der Waals surface area contributed by atoms with Gasteiger partial charge in [-0.05, 0) is 41.1 Å². The molecule has 0 saturated heterocycles. The van der Waals surface area contributed by atoms with Crippen molar-refractivity contribution in [2.75, 3.05) is 0 Å². The molecule has 2 heteroatoms. The first-order chi connectivity index (χ1) is 6.27. The quantitative estimate of drug-likeness (QED) is 0.645. The van der Waals surface area contributed by atoms with Crippen LogP contribution in [0.25, 0.3) is 11.1 Å². The summed E-state index contributed by atoms with van der Waals surface area (Å²) in [4.78, 5) is 0. The number of rotatable bonds is 1. The van der Waals surface area contributed by atoms with Crippen LogP contribution in [0.15, 0.2) is 29.6 Å². The molecule has 2 aromatic rings. The summed E-state index contributed by atoms with van der Waals surface area (Å²) < 4.78 is 13.2. The standard InChI is InChI=1S/C11H8FS/c1-8-2-3-9(6-11(8)12)10-4-5-13-7-10/h2-4,6-7H,1H3. The van der Waals surface area contributed by atoms with Gasteiger partial charge in [-0.2, -0.15) is 0 Å². The van der Waals surface area contributed by atoms with Gasteiger partial charge in [-0.3, -0.25) is 0 Å². The summed E-state index contributed by atoms with van der Waals surface area (Å²) in [6.07, 6.45) is 0. The second kappa shape index (κ2) is 3.30. The van der Waals surface area contributed by atoms with Gasteiger partial charge in [0.15, 0.2) is 0 Å². The molecule has 0 saturated carbocycles. The lowest BCUT2D eigenvalue weighted by Gasteiger charge is -1.99. The monoisotopic (exact) mass is 191 g/mol. The molecular weight excluding hydrogens is 183 g/mol. The van der Waals surface area contributed by atoms with Crippen molar-refractivity contribution in [2.24, 2.45) is 0 Å². The highest BCUT2D eigenvalue weighted by molar-refractivity contribution is 7.07. The number of thiophene rings is 1. The van der Waals surface area contributed by atoms with Crippen molar-refractivity contribution in [2.45, 2.75) is 6.92 Å². The molecule has 0 aliphatic heterocycles. The number of hydrogen-bond acceptors (Lipinski definition) is 1. The molecule has 65 valence electrons. The molecule has 0 N–H and O–H groups in total. The normalized spacial score (nSPS) is 10.3. The van der Waals surface area contributed by atoms with E-state index < -0.39 is 0 Å². The summed E-state index contributed by atoms with van der Waals surface area (Å²) in [5, 5.41) is 4.94. The van der Waals surface area contributed by atoms with Crippen LogP contribution >= 0.6 is 11.3 Å². The Labute approximate surface area is 80.7 Å². The van der Waals surface area contributed by atoms with Crippen LogP contribution in [-0.2, 0) is 0 Å². The summed E-state index contributed by atoms with van der Waals surface area (Å²) in [7, 11) is 0. The van der Waals surface area contributed by atoms with Gasteiger partial charge in [-0.1, -0.05) is 12.1 Å². The van der Waals surface area contributed by atoms with Crippen molar-refractivity contribution < 1.29 is 4.39 Å². The highest BCUT2D eigenvalue weighted by Gasteiger charge is 2.01. The number of halogens is 1. The Morgan fingerprint density at radius 3 is 2.77 bits per heavy atom. The highest BCUT2D eigenvalue weighted by atomic mass is 32.1. The van der Waals surface area contributed by atoms with Crippen LogP contribution in [-0.4, -0.2) is 0 Å². The van der Waals surface area contributed by atoms with Crippen molar-refractivity contribution in [1.29, 1.82) is 0 Å². The molecule has 0 aliphatic rings. The van der Waals surface area contributed by atoms with Crippen molar-refractivity contribution in [3.63, 3.8) is 0 Å². The summed E-state index contributed by atoms with van der Waals surface area (Å²) in [5.74, 6) is -0.149. The maximum atomic E-state index is 13.2. The van der Waals surface area contributed by atoms with Crippen LogP contribution < -0.4 is 0 Å². The lowest BCUT2D eigenvalue weighted by atomic mass is 10.1. The molecule has 0 atom stereocenters. The second-order valence-corrected chi connectivity index (χ2v) is 3.62. The van der Waals surface area contributed by atoms with Gasteiger partial charge in [-0.15, -0.1) is 11.3 Å². The lowest BCUT2D eigenvalue weighted by molar-refractivity contribution is 0.619. The van der Waals surface area contributed by atoms with E-state index in [1.165, 1.54) is 11.3 Å². The molecule has 0 amide bonds.